The van der Waals surface area contributed by atoms with E-state index in [0.29, 0.717) is 23.6 Å². The first-order chi connectivity index (χ1) is 19.3. The molecule has 0 aliphatic heterocycles. The van der Waals surface area contributed by atoms with E-state index in [1.807, 2.05) is 52.8 Å². The largest absolute Gasteiger partial charge is 0.476 e. The van der Waals surface area contributed by atoms with Gasteiger partial charge in [0.25, 0.3) is 0 Å². The fraction of sp³-hybridized carbons (Fsp3) is 0.438. The summed E-state index contributed by atoms with van der Waals surface area (Å²) < 4.78 is 45.1. The van der Waals surface area contributed by atoms with Gasteiger partial charge in [0, 0.05) is 6.54 Å². The Hall–Kier alpha value is -3.79. The first-order valence-corrected chi connectivity index (χ1v) is 15.5. The molecule has 0 radical (unpaired) electrons. The molecule has 0 fully saturated rings. The van der Waals surface area contributed by atoms with Crippen LogP contribution in [0, 0.1) is 13.8 Å². The second-order valence-corrected chi connectivity index (χ2v) is 13.6. The zero-order chi connectivity index (χ0) is 31.5. The molecule has 0 N–H and O–H groups in total. The summed E-state index contributed by atoms with van der Waals surface area (Å²) in [5.41, 5.74) is 1.40. The van der Waals surface area contributed by atoms with Crippen LogP contribution < -0.4 is 8.92 Å². The normalized spacial score (nSPS) is 12.9. The summed E-state index contributed by atoms with van der Waals surface area (Å²) in [5, 5.41) is 0. The van der Waals surface area contributed by atoms with Gasteiger partial charge in [-0.3, -0.25) is 4.79 Å². The van der Waals surface area contributed by atoms with E-state index in [0.717, 1.165) is 22.9 Å². The quantitative estimate of drug-likeness (QED) is 0.193. The Morgan fingerprint density at radius 2 is 1.55 bits per heavy atom. The molecule has 1 heterocycles. The predicted molar refractivity (Wildman–Crippen MR) is 160 cm³/mol. The molecule has 0 aliphatic rings. The molecule has 9 nitrogen and oxygen atoms in total. The highest BCUT2D eigenvalue weighted by Crippen LogP contribution is 2.31. The molecule has 1 atom stereocenters. The summed E-state index contributed by atoms with van der Waals surface area (Å²) in [6, 6.07) is 13.9. The van der Waals surface area contributed by atoms with E-state index in [1.165, 1.54) is 12.1 Å². The number of furan rings is 1. The van der Waals surface area contributed by atoms with Gasteiger partial charge in [-0.2, -0.15) is 8.42 Å². The van der Waals surface area contributed by atoms with Crippen LogP contribution in [0.1, 0.15) is 75.5 Å². The van der Waals surface area contributed by atoms with Gasteiger partial charge in [-0.1, -0.05) is 24.3 Å². The number of carbonyl (C=O) groups is 2. The minimum atomic E-state index is -3.65. The third-order valence-electron chi connectivity index (χ3n) is 6.38. The van der Waals surface area contributed by atoms with E-state index in [2.05, 4.69) is 0 Å². The Bertz CT molecular complexity index is 1480. The molecule has 42 heavy (non-hydrogen) atoms. The van der Waals surface area contributed by atoms with Crippen LogP contribution in [-0.2, 0) is 37.5 Å². The van der Waals surface area contributed by atoms with Crippen molar-refractivity contribution in [1.82, 2.24) is 4.90 Å². The van der Waals surface area contributed by atoms with Crippen molar-refractivity contribution >= 4 is 22.0 Å². The van der Waals surface area contributed by atoms with Gasteiger partial charge < -0.3 is 23.0 Å². The lowest BCUT2D eigenvalue weighted by molar-refractivity contribution is -0.171. The SMILES string of the molecule is Cc1cc(CN(Cc2ccco2)C(=O)C(C)c2ccc(OS(C)(=O)=O)cc2)cc(C)c1OC(C)(C)C(=O)OC(C)(C)C. The number of aryl methyl sites for hydroxylation is 2. The third kappa shape index (κ3) is 9.11. The number of carbonyl (C=O) groups excluding carboxylic acids is 2. The zero-order valence-corrected chi connectivity index (χ0v) is 26.6. The van der Waals surface area contributed by atoms with Crippen LogP contribution in [-0.4, -0.2) is 42.7 Å². The molecular weight excluding hydrogens is 558 g/mol. The lowest BCUT2D eigenvalue weighted by Crippen LogP contribution is -2.43. The fourth-order valence-electron chi connectivity index (χ4n) is 4.42. The number of ether oxygens (including phenoxy) is 2. The van der Waals surface area contributed by atoms with Crippen molar-refractivity contribution in [2.75, 3.05) is 6.26 Å². The topological polar surface area (TPSA) is 112 Å². The Labute approximate surface area is 248 Å². The highest BCUT2D eigenvalue weighted by Gasteiger charge is 2.35. The summed E-state index contributed by atoms with van der Waals surface area (Å²) in [7, 11) is -3.65. The number of amides is 1. The first-order valence-electron chi connectivity index (χ1n) is 13.7. The molecule has 2 aromatic carbocycles. The highest BCUT2D eigenvalue weighted by atomic mass is 32.2. The van der Waals surface area contributed by atoms with Crippen molar-refractivity contribution in [1.29, 1.82) is 0 Å². The maximum atomic E-state index is 13.8. The van der Waals surface area contributed by atoms with Crippen molar-refractivity contribution in [3.05, 3.63) is 82.8 Å². The van der Waals surface area contributed by atoms with E-state index < -0.39 is 33.2 Å². The average Bonchev–Trinajstić information content (AvgIpc) is 3.37. The molecule has 10 heteroatoms. The molecule has 0 saturated heterocycles. The van der Waals surface area contributed by atoms with Crippen molar-refractivity contribution in [2.45, 2.75) is 85.6 Å². The number of nitrogens with zero attached hydrogens (tertiary/aromatic N) is 1. The Balaban J connectivity index is 1.84. The smallest absolute Gasteiger partial charge is 0.350 e. The lowest BCUT2D eigenvalue weighted by atomic mass is 9.98. The van der Waals surface area contributed by atoms with Crippen molar-refractivity contribution in [2.24, 2.45) is 0 Å². The Morgan fingerprint density at radius 1 is 0.952 bits per heavy atom. The summed E-state index contributed by atoms with van der Waals surface area (Å²) in [5.74, 6) is 0.286. The molecule has 228 valence electrons. The van der Waals surface area contributed by atoms with Gasteiger partial charge in [0.1, 0.15) is 22.9 Å². The molecule has 0 aliphatic carbocycles. The van der Waals surface area contributed by atoms with Crippen LogP contribution in [0.2, 0.25) is 0 Å². The molecule has 0 spiro atoms. The van der Waals surface area contributed by atoms with Crippen LogP contribution in [0.4, 0.5) is 0 Å². The monoisotopic (exact) mass is 599 g/mol. The summed E-state index contributed by atoms with van der Waals surface area (Å²) >= 11 is 0. The van der Waals surface area contributed by atoms with Gasteiger partial charge in [-0.25, -0.2) is 4.79 Å². The molecule has 1 aromatic heterocycles. The molecule has 1 amide bonds. The summed E-state index contributed by atoms with van der Waals surface area (Å²) in [6.07, 6.45) is 2.54. The van der Waals surface area contributed by atoms with Crippen LogP contribution in [0.3, 0.4) is 0 Å². The molecule has 0 bridgehead atoms. The van der Waals surface area contributed by atoms with Crippen LogP contribution in [0.25, 0.3) is 0 Å². The third-order valence-corrected chi connectivity index (χ3v) is 6.87. The van der Waals surface area contributed by atoms with E-state index in [9.17, 15) is 18.0 Å². The number of benzene rings is 2. The van der Waals surface area contributed by atoms with Crippen molar-refractivity contribution in [3.63, 3.8) is 0 Å². The highest BCUT2D eigenvalue weighted by molar-refractivity contribution is 7.86. The summed E-state index contributed by atoms with van der Waals surface area (Å²) in [4.78, 5) is 28.3. The summed E-state index contributed by atoms with van der Waals surface area (Å²) in [6.45, 7) is 15.0. The van der Waals surface area contributed by atoms with Gasteiger partial charge in [0.05, 0.1) is 25.0 Å². The van der Waals surface area contributed by atoms with E-state index in [4.69, 9.17) is 18.1 Å². The lowest BCUT2D eigenvalue weighted by Gasteiger charge is -2.30. The average molecular weight is 600 g/mol. The van der Waals surface area contributed by atoms with Gasteiger partial charge in [0.2, 0.25) is 5.91 Å². The standard InChI is InChI=1S/C32H41NO8S/c1-21-17-24(18-22(2)28(21)39-32(7,8)30(35)40-31(4,5)6)19-33(20-27-11-10-16-38-27)29(34)23(3)25-12-14-26(15-13-25)41-42(9,36)37/h10-18,23H,19-20H2,1-9H3. The second-order valence-electron chi connectivity index (χ2n) is 12.0. The molecule has 1 unspecified atom stereocenters. The van der Waals surface area contributed by atoms with E-state index in [-0.39, 0.29) is 18.2 Å². The number of hydrogen-bond donors (Lipinski definition) is 0. The second kappa shape index (κ2) is 12.6. The van der Waals surface area contributed by atoms with Crippen LogP contribution >= 0.6 is 0 Å². The molecule has 0 saturated carbocycles. The number of hydrogen-bond acceptors (Lipinski definition) is 8. The number of rotatable bonds is 11. The van der Waals surface area contributed by atoms with Crippen LogP contribution in [0.5, 0.6) is 11.5 Å². The fourth-order valence-corrected chi connectivity index (χ4v) is 4.88. The van der Waals surface area contributed by atoms with E-state index >= 15 is 0 Å². The van der Waals surface area contributed by atoms with Gasteiger partial charge in [-0.15, -0.1) is 0 Å². The Kier molecular flexibility index (Phi) is 9.82. The zero-order valence-electron chi connectivity index (χ0n) is 25.8. The maximum Gasteiger partial charge on any atom is 0.350 e. The number of esters is 1. The minimum absolute atomic E-state index is 0.134. The van der Waals surface area contributed by atoms with Gasteiger partial charge in [0.15, 0.2) is 5.60 Å². The van der Waals surface area contributed by atoms with Gasteiger partial charge >= 0.3 is 16.1 Å². The van der Waals surface area contributed by atoms with Gasteiger partial charge in [-0.05, 0) is 102 Å². The van der Waals surface area contributed by atoms with E-state index in [1.54, 1.807) is 50.1 Å². The first kappa shape index (κ1) is 32.7. The van der Waals surface area contributed by atoms with Crippen molar-refractivity contribution < 1.29 is 36.1 Å². The van der Waals surface area contributed by atoms with Crippen molar-refractivity contribution in [3.8, 4) is 11.5 Å². The maximum absolute atomic E-state index is 13.8. The molecule has 3 aromatic rings. The molecule has 3 rings (SSSR count). The molecular formula is C32H41NO8S. The predicted octanol–water partition coefficient (Wildman–Crippen LogP) is 6.07. The Morgan fingerprint density at radius 3 is 2.05 bits per heavy atom. The van der Waals surface area contributed by atoms with Crippen LogP contribution in [0.15, 0.2) is 59.2 Å². The minimum Gasteiger partial charge on any atom is -0.476 e.